The SMILES string of the molecule is CC(C)C(=O)N1C[C@H]2CN(Cc3ccccc3Cl)[C@H]2C1. The lowest BCUT2D eigenvalue weighted by molar-refractivity contribution is -0.133. The number of likely N-dealkylation sites (tertiary alicyclic amines) is 2. The van der Waals surface area contributed by atoms with Crippen molar-refractivity contribution < 1.29 is 4.79 Å². The van der Waals surface area contributed by atoms with Crippen LogP contribution >= 0.6 is 11.6 Å². The zero-order valence-corrected chi connectivity index (χ0v) is 12.8. The first kappa shape index (κ1) is 13.9. The van der Waals surface area contributed by atoms with Gasteiger partial charge >= 0.3 is 0 Å². The van der Waals surface area contributed by atoms with Gasteiger partial charge in [0.1, 0.15) is 0 Å². The van der Waals surface area contributed by atoms with E-state index in [-0.39, 0.29) is 11.8 Å². The minimum atomic E-state index is 0.101. The van der Waals surface area contributed by atoms with E-state index in [1.54, 1.807) is 0 Å². The molecule has 0 N–H and O–H groups in total. The second-order valence-corrected chi connectivity index (χ2v) is 6.65. The predicted octanol–water partition coefficient (Wildman–Crippen LogP) is 2.64. The maximum absolute atomic E-state index is 12.1. The molecule has 0 radical (unpaired) electrons. The van der Waals surface area contributed by atoms with Crippen LogP contribution in [0.1, 0.15) is 19.4 Å². The van der Waals surface area contributed by atoms with Gasteiger partial charge in [-0.3, -0.25) is 9.69 Å². The third kappa shape index (κ3) is 2.45. The van der Waals surface area contributed by atoms with E-state index in [4.69, 9.17) is 11.6 Å². The minimum Gasteiger partial charge on any atom is -0.341 e. The standard InChI is InChI=1S/C16H21ClN2O/c1-11(2)16(20)19-9-13-8-18(15(13)10-19)7-12-5-3-4-6-14(12)17/h3-6,11,13,15H,7-10H2,1-2H3/t13-,15+/m1/s1. The molecule has 2 atom stereocenters. The maximum atomic E-state index is 12.1. The van der Waals surface area contributed by atoms with Crippen LogP contribution in [0, 0.1) is 11.8 Å². The number of nitrogens with zero attached hydrogens (tertiary/aromatic N) is 2. The zero-order chi connectivity index (χ0) is 14.3. The van der Waals surface area contributed by atoms with Crippen LogP contribution in [-0.2, 0) is 11.3 Å². The molecule has 0 spiro atoms. The van der Waals surface area contributed by atoms with E-state index in [1.165, 1.54) is 5.56 Å². The molecule has 3 rings (SSSR count). The number of fused-ring (bicyclic) bond motifs is 1. The number of rotatable bonds is 3. The summed E-state index contributed by atoms with van der Waals surface area (Å²) in [4.78, 5) is 16.5. The van der Waals surface area contributed by atoms with Gasteiger partial charge in [0.25, 0.3) is 0 Å². The van der Waals surface area contributed by atoms with Crippen LogP contribution in [-0.4, -0.2) is 41.4 Å². The lowest BCUT2D eigenvalue weighted by Gasteiger charge is -2.43. The highest BCUT2D eigenvalue weighted by molar-refractivity contribution is 6.31. The fraction of sp³-hybridized carbons (Fsp3) is 0.562. The number of hydrogen-bond acceptors (Lipinski definition) is 2. The summed E-state index contributed by atoms with van der Waals surface area (Å²) in [5, 5.41) is 0.837. The van der Waals surface area contributed by atoms with E-state index in [9.17, 15) is 4.79 Å². The van der Waals surface area contributed by atoms with Crippen molar-refractivity contribution in [2.24, 2.45) is 11.8 Å². The van der Waals surface area contributed by atoms with Gasteiger partial charge in [0.15, 0.2) is 0 Å². The molecule has 2 aliphatic heterocycles. The Hall–Kier alpha value is -1.06. The van der Waals surface area contributed by atoms with Crippen molar-refractivity contribution in [3.63, 3.8) is 0 Å². The summed E-state index contributed by atoms with van der Waals surface area (Å²) in [6, 6.07) is 8.54. The second kappa shape index (κ2) is 5.38. The third-order valence-electron chi connectivity index (χ3n) is 4.48. The predicted molar refractivity (Wildman–Crippen MR) is 80.6 cm³/mol. The van der Waals surface area contributed by atoms with Crippen LogP contribution in [0.2, 0.25) is 5.02 Å². The van der Waals surface area contributed by atoms with Crippen molar-refractivity contribution in [1.29, 1.82) is 0 Å². The summed E-state index contributed by atoms with van der Waals surface area (Å²) >= 11 is 6.22. The van der Waals surface area contributed by atoms with E-state index in [2.05, 4.69) is 11.0 Å². The van der Waals surface area contributed by atoms with Crippen molar-refractivity contribution in [1.82, 2.24) is 9.80 Å². The van der Waals surface area contributed by atoms with E-state index in [0.29, 0.717) is 12.0 Å². The van der Waals surface area contributed by atoms with Crippen LogP contribution in [0.15, 0.2) is 24.3 Å². The topological polar surface area (TPSA) is 23.6 Å². The van der Waals surface area contributed by atoms with Gasteiger partial charge in [-0.05, 0) is 11.6 Å². The number of amides is 1. The first-order chi connectivity index (χ1) is 9.56. The Balaban J connectivity index is 1.61. The molecule has 0 unspecified atom stereocenters. The minimum absolute atomic E-state index is 0.101. The molecule has 108 valence electrons. The van der Waals surface area contributed by atoms with Gasteiger partial charge in [-0.1, -0.05) is 43.6 Å². The van der Waals surface area contributed by atoms with E-state index < -0.39 is 0 Å². The summed E-state index contributed by atoms with van der Waals surface area (Å²) in [6.45, 7) is 7.74. The molecule has 4 heteroatoms. The van der Waals surface area contributed by atoms with Crippen molar-refractivity contribution in [3.05, 3.63) is 34.9 Å². The number of carbonyl (C=O) groups is 1. The molecule has 0 saturated carbocycles. The average Bonchev–Trinajstić information content (AvgIpc) is 2.74. The highest BCUT2D eigenvalue weighted by atomic mass is 35.5. The molecule has 3 nitrogen and oxygen atoms in total. The number of benzene rings is 1. The molecule has 2 saturated heterocycles. The molecular weight excluding hydrogens is 272 g/mol. The van der Waals surface area contributed by atoms with Gasteiger partial charge in [-0.15, -0.1) is 0 Å². The van der Waals surface area contributed by atoms with Crippen molar-refractivity contribution in [3.8, 4) is 0 Å². The summed E-state index contributed by atoms with van der Waals surface area (Å²) in [6.07, 6.45) is 0. The maximum Gasteiger partial charge on any atom is 0.225 e. The fourth-order valence-corrected chi connectivity index (χ4v) is 3.51. The van der Waals surface area contributed by atoms with Gasteiger partial charge in [-0.2, -0.15) is 0 Å². The normalized spacial score (nSPS) is 25.7. The molecule has 2 heterocycles. The van der Waals surface area contributed by atoms with E-state index >= 15 is 0 Å². The van der Waals surface area contributed by atoms with Crippen LogP contribution < -0.4 is 0 Å². The Bertz CT molecular complexity index is 517. The van der Waals surface area contributed by atoms with E-state index in [0.717, 1.165) is 31.2 Å². The Morgan fingerprint density at radius 2 is 2.05 bits per heavy atom. The third-order valence-corrected chi connectivity index (χ3v) is 4.85. The van der Waals surface area contributed by atoms with Gasteiger partial charge in [0.2, 0.25) is 5.91 Å². The fourth-order valence-electron chi connectivity index (χ4n) is 3.32. The Morgan fingerprint density at radius 3 is 2.75 bits per heavy atom. The Kier molecular flexibility index (Phi) is 3.74. The van der Waals surface area contributed by atoms with Crippen LogP contribution in [0.3, 0.4) is 0 Å². The van der Waals surface area contributed by atoms with Crippen LogP contribution in [0.4, 0.5) is 0 Å². The van der Waals surface area contributed by atoms with Crippen molar-refractivity contribution in [2.45, 2.75) is 26.4 Å². The van der Waals surface area contributed by atoms with Crippen molar-refractivity contribution in [2.75, 3.05) is 19.6 Å². The van der Waals surface area contributed by atoms with E-state index in [1.807, 2.05) is 36.9 Å². The molecule has 0 bridgehead atoms. The summed E-state index contributed by atoms with van der Waals surface area (Å²) in [5.74, 6) is 1.04. The molecule has 2 aliphatic rings. The quantitative estimate of drug-likeness (QED) is 0.855. The smallest absolute Gasteiger partial charge is 0.225 e. The monoisotopic (exact) mass is 292 g/mol. The summed E-state index contributed by atoms with van der Waals surface area (Å²) in [7, 11) is 0. The Morgan fingerprint density at radius 1 is 1.30 bits per heavy atom. The van der Waals surface area contributed by atoms with Gasteiger partial charge < -0.3 is 4.90 Å². The largest absolute Gasteiger partial charge is 0.341 e. The highest BCUT2D eigenvalue weighted by Gasteiger charge is 2.46. The molecular formula is C16H21ClN2O. The van der Waals surface area contributed by atoms with Gasteiger partial charge in [-0.25, -0.2) is 0 Å². The average molecular weight is 293 g/mol. The summed E-state index contributed by atoms with van der Waals surface area (Å²) < 4.78 is 0. The molecule has 1 aromatic carbocycles. The molecule has 1 amide bonds. The molecule has 2 fully saturated rings. The highest BCUT2D eigenvalue weighted by Crippen LogP contribution is 2.34. The van der Waals surface area contributed by atoms with Gasteiger partial charge in [0.05, 0.1) is 0 Å². The molecule has 1 aromatic rings. The first-order valence-corrected chi connectivity index (χ1v) is 7.70. The first-order valence-electron chi connectivity index (χ1n) is 7.32. The molecule has 0 aliphatic carbocycles. The summed E-state index contributed by atoms with van der Waals surface area (Å²) in [5.41, 5.74) is 1.18. The lowest BCUT2D eigenvalue weighted by atomic mass is 9.91. The number of carbonyl (C=O) groups excluding carboxylic acids is 1. The zero-order valence-electron chi connectivity index (χ0n) is 12.1. The second-order valence-electron chi connectivity index (χ2n) is 6.25. The van der Waals surface area contributed by atoms with Crippen molar-refractivity contribution >= 4 is 17.5 Å². The molecule has 0 aromatic heterocycles. The lowest BCUT2D eigenvalue weighted by Crippen LogP contribution is -2.54. The van der Waals surface area contributed by atoms with Gasteiger partial charge in [0, 0.05) is 49.1 Å². The van der Waals surface area contributed by atoms with Crippen LogP contribution in [0.5, 0.6) is 0 Å². The Labute approximate surface area is 125 Å². The number of halogens is 1. The molecule has 20 heavy (non-hydrogen) atoms. The number of hydrogen-bond donors (Lipinski definition) is 0. The van der Waals surface area contributed by atoms with Crippen LogP contribution in [0.25, 0.3) is 0 Å².